The van der Waals surface area contributed by atoms with Crippen molar-refractivity contribution in [1.82, 2.24) is 14.6 Å². The third-order valence-electron chi connectivity index (χ3n) is 5.22. The topological polar surface area (TPSA) is 145 Å². The summed E-state index contributed by atoms with van der Waals surface area (Å²) in [6, 6.07) is 15.5. The second kappa shape index (κ2) is 10.5. The van der Waals surface area contributed by atoms with E-state index in [2.05, 4.69) is 9.69 Å². The van der Waals surface area contributed by atoms with Crippen LogP contribution in [0.15, 0.2) is 64.4 Å². The Hall–Kier alpha value is -3.96. The zero-order valence-electron chi connectivity index (χ0n) is 18.8. The van der Waals surface area contributed by atoms with Crippen LogP contribution in [0.3, 0.4) is 0 Å². The summed E-state index contributed by atoms with van der Waals surface area (Å²) in [5.41, 5.74) is 12.0. The molecule has 180 valence electrons. The molecule has 0 unspecified atom stereocenters. The lowest BCUT2D eigenvalue weighted by Gasteiger charge is -2.29. The zero-order chi connectivity index (χ0) is 24.9. The Morgan fingerprint density at radius 1 is 1.11 bits per heavy atom. The van der Waals surface area contributed by atoms with E-state index in [1.54, 1.807) is 19.1 Å². The van der Waals surface area contributed by atoms with Crippen molar-refractivity contribution in [3.63, 3.8) is 0 Å². The van der Waals surface area contributed by atoms with Crippen LogP contribution in [-0.4, -0.2) is 27.0 Å². The molecular formula is C24H23N5O4S2. The highest BCUT2D eigenvalue weighted by Crippen LogP contribution is 2.31. The van der Waals surface area contributed by atoms with Crippen molar-refractivity contribution in [2.45, 2.75) is 26.1 Å². The number of furan rings is 1. The van der Waals surface area contributed by atoms with E-state index in [1.807, 2.05) is 47.8 Å². The molecule has 9 nitrogen and oxygen atoms in total. The lowest BCUT2D eigenvalue weighted by atomic mass is 10.1. The average molecular weight is 510 g/mol. The number of rotatable bonds is 9. The number of amides is 3. The van der Waals surface area contributed by atoms with Crippen molar-refractivity contribution in [3.05, 3.63) is 92.5 Å². The molecule has 0 fully saturated rings. The highest BCUT2D eigenvalue weighted by atomic mass is 32.1. The van der Waals surface area contributed by atoms with Crippen LogP contribution < -0.4 is 16.8 Å². The van der Waals surface area contributed by atoms with Crippen LogP contribution in [0.4, 0.5) is 5.69 Å². The minimum Gasteiger partial charge on any atom is -0.464 e. The summed E-state index contributed by atoms with van der Waals surface area (Å²) in [6.45, 7) is 2.14. The normalized spacial score (nSPS) is 11.7. The summed E-state index contributed by atoms with van der Waals surface area (Å²) in [7, 11) is 0. The van der Waals surface area contributed by atoms with E-state index in [0.29, 0.717) is 11.5 Å². The Bertz CT molecular complexity index is 1330. The maximum Gasteiger partial charge on any atom is 0.270 e. The molecule has 3 amide bonds. The summed E-state index contributed by atoms with van der Waals surface area (Å²) in [6.07, 6.45) is 0. The number of benzene rings is 1. The number of nitrogen functional groups attached to an aromatic ring is 1. The van der Waals surface area contributed by atoms with E-state index in [4.69, 9.17) is 15.9 Å². The van der Waals surface area contributed by atoms with Crippen molar-refractivity contribution in [3.8, 4) is 0 Å². The number of carbonyl (C=O) groups is 3. The minimum absolute atomic E-state index is 0.0273. The van der Waals surface area contributed by atoms with Crippen molar-refractivity contribution in [2.24, 2.45) is 5.73 Å². The lowest BCUT2D eigenvalue weighted by Crippen LogP contribution is -2.43. The van der Waals surface area contributed by atoms with Gasteiger partial charge in [0, 0.05) is 11.4 Å². The highest BCUT2D eigenvalue weighted by Gasteiger charge is 2.36. The molecule has 0 bridgehead atoms. The predicted molar refractivity (Wildman–Crippen MR) is 134 cm³/mol. The van der Waals surface area contributed by atoms with Gasteiger partial charge in [0.15, 0.2) is 11.7 Å². The molecule has 0 aliphatic rings. The Kier molecular flexibility index (Phi) is 7.28. The van der Waals surface area contributed by atoms with Crippen LogP contribution in [-0.2, 0) is 17.9 Å². The largest absolute Gasteiger partial charge is 0.464 e. The van der Waals surface area contributed by atoms with Gasteiger partial charge in [-0.1, -0.05) is 36.4 Å². The Morgan fingerprint density at radius 3 is 2.49 bits per heavy atom. The second-order valence-electron chi connectivity index (χ2n) is 7.71. The number of nitrogens with two attached hydrogens (primary N) is 2. The molecule has 1 aromatic carbocycles. The molecule has 5 N–H and O–H groups in total. The molecule has 0 aliphatic carbocycles. The number of aromatic nitrogens is 1. The first-order chi connectivity index (χ1) is 16.8. The van der Waals surface area contributed by atoms with Crippen LogP contribution >= 0.6 is 22.9 Å². The monoisotopic (exact) mass is 509 g/mol. The molecular weight excluding hydrogens is 486 g/mol. The first kappa shape index (κ1) is 24.2. The standard InChI is InChI=1S/C24H23N5O4S2/c1-14-9-10-17(33-14)20(23(31)27-12-15-6-3-2-4-7-15)29(13-16-8-5-11-34-16)24(32)21-18(25)19(22(26)30)28-35-21/h2-11,20H,12-13,25H2,1H3,(H2,26,30)(H,27,31)/t20-/m1/s1. The second-order valence-corrected chi connectivity index (χ2v) is 9.51. The maximum absolute atomic E-state index is 13.8. The molecule has 3 heterocycles. The van der Waals surface area contributed by atoms with Crippen LogP contribution in [0.2, 0.25) is 0 Å². The fourth-order valence-electron chi connectivity index (χ4n) is 3.52. The predicted octanol–water partition coefficient (Wildman–Crippen LogP) is 3.49. The van der Waals surface area contributed by atoms with E-state index in [9.17, 15) is 14.4 Å². The number of hydrogen-bond donors (Lipinski definition) is 3. The highest BCUT2D eigenvalue weighted by molar-refractivity contribution is 7.10. The van der Waals surface area contributed by atoms with Crippen molar-refractivity contribution in [2.75, 3.05) is 5.73 Å². The van der Waals surface area contributed by atoms with Crippen molar-refractivity contribution in [1.29, 1.82) is 0 Å². The van der Waals surface area contributed by atoms with Gasteiger partial charge in [0.25, 0.3) is 17.7 Å². The van der Waals surface area contributed by atoms with E-state index < -0.39 is 23.8 Å². The first-order valence-electron chi connectivity index (χ1n) is 10.6. The number of thiophene rings is 1. The summed E-state index contributed by atoms with van der Waals surface area (Å²) in [5, 5.41) is 4.78. The number of carbonyl (C=O) groups excluding carboxylic acids is 3. The van der Waals surface area contributed by atoms with E-state index >= 15 is 0 Å². The molecule has 1 atom stereocenters. The van der Waals surface area contributed by atoms with Gasteiger partial charge >= 0.3 is 0 Å². The third-order valence-corrected chi connectivity index (χ3v) is 6.94. The van der Waals surface area contributed by atoms with Crippen LogP contribution in [0, 0.1) is 6.92 Å². The van der Waals surface area contributed by atoms with Gasteiger partial charge in [-0.25, -0.2) is 0 Å². The molecule has 4 rings (SSSR count). The van der Waals surface area contributed by atoms with Crippen LogP contribution in [0.1, 0.15) is 48.2 Å². The summed E-state index contributed by atoms with van der Waals surface area (Å²) < 4.78 is 9.76. The molecule has 11 heteroatoms. The Labute approximate surface area is 209 Å². The van der Waals surface area contributed by atoms with Crippen molar-refractivity contribution >= 4 is 46.3 Å². The van der Waals surface area contributed by atoms with Gasteiger partial charge in [0.1, 0.15) is 16.4 Å². The molecule has 0 spiro atoms. The fourth-order valence-corrected chi connectivity index (χ4v) is 4.98. The van der Waals surface area contributed by atoms with Gasteiger partial charge < -0.3 is 26.1 Å². The average Bonchev–Trinajstić information content (AvgIpc) is 3.59. The number of nitrogens with zero attached hydrogens (tertiary/aromatic N) is 2. The number of nitrogens with one attached hydrogen (secondary N) is 1. The Morgan fingerprint density at radius 2 is 1.89 bits per heavy atom. The van der Waals surface area contributed by atoms with Gasteiger partial charge in [0.2, 0.25) is 0 Å². The third kappa shape index (κ3) is 5.42. The number of anilines is 1. The molecule has 0 saturated heterocycles. The van der Waals surface area contributed by atoms with E-state index in [-0.39, 0.29) is 29.3 Å². The quantitative estimate of drug-likeness (QED) is 0.315. The number of hydrogen-bond acceptors (Lipinski definition) is 8. The van der Waals surface area contributed by atoms with Gasteiger partial charge in [-0.15, -0.1) is 11.3 Å². The SMILES string of the molecule is Cc1ccc([C@H](C(=O)NCc2ccccc2)N(Cc2cccs2)C(=O)c2snc(C(N)=O)c2N)o1. The summed E-state index contributed by atoms with van der Waals surface area (Å²) >= 11 is 2.21. The molecule has 35 heavy (non-hydrogen) atoms. The van der Waals surface area contributed by atoms with E-state index in [0.717, 1.165) is 22.0 Å². The number of aryl methyl sites for hydroxylation is 1. The molecule has 0 aliphatic heterocycles. The minimum atomic E-state index is -1.10. The van der Waals surface area contributed by atoms with Crippen molar-refractivity contribution < 1.29 is 18.8 Å². The molecule has 0 radical (unpaired) electrons. The smallest absolute Gasteiger partial charge is 0.270 e. The maximum atomic E-state index is 13.8. The van der Waals surface area contributed by atoms with Gasteiger partial charge in [0.05, 0.1) is 12.2 Å². The zero-order valence-corrected chi connectivity index (χ0v) is 20.4. The fraction of sp³-hybridized carbons (Fsp3) is 0.167. The summed E-state index contributed by atoms with van der Waals surface area (Å²) in [4.78, 5) is 41.2. The van der Waals surface area contributed by atoms with Gasteiger partial charge in [-0.05, 0) is 47.6 Å². The first-order valence-corrected chi connectivity index (χ1v) is 12.3. The van der Waals surface area contributed by atoms with Gasteiger partial charge in [-0.3, -0.25) is 14.4 Å². The van der Waals surface area contributed by atoms with E-state index in [1.165, 1.54) is 16.2 Å². The number of primary amides is 1. The van der Waals surface area contributed by atoms with Crippen LogP contribution in [0.5, 0.6) is 0 Å². The molecule has 4 aromatic rings. The lowest BCUT2D eigenvalue weighted by molar-refractivity contribution is -0.126. The molecule has 0 saturated carbocycles. The van der Waals surface area contributed by atoms with Crippen LogP contribution in [0.25, 0.3) is 0 Å². The Balaban J connectivity index is 1.73. The summed E-state index contributed by atoms with van der Waals surface area (Å²) in [5.74, 6) is -0.920. The van der Waals surface area contributed by atoms with Gasteiger partial charge in [-0.2, -0.15) is 4.37 Å². The molecule has 3 aromatic heterocycles.